The third-order valence-electron chi connectivity index (χ3n) is 15.0. The van der Waals surface area contributed by atoms with E-state index >= 15 is 0 Å². The van der Waals surface area contributed by atoms with Gasteiger partial charge in [-0.25, -0.2) is 0 Å². The summed E-state index contributed by atoms with van der Waals surface area (Å²) in [5.41, 5.74) is 24.2. The predicted molar refractivity (Wildman–Crippen MR) is 233 cm³/mol. The number of hydrogen-bond acceptors (Lipinski definition) is 2. The molecule has 0 amide bonds. The van der Waals surface area contributed by atoms with Crippen molar-refractivity contribution < 1.29 is 0 Å². The molecule has 0 spiro atoms. The van der Waals surface area contributed by atoms with Gasteiger partial charge in [0.15, 0.2) is 0 Å². The van der Waals surface area contributed by atoms with Crippen LogP contribution in [0, 0.1) is 13.8 Å². The van der Waals surface area contributed by atoms with Gasteiger partial charge >= 0.3 is 0 Å². The van der Waals surface area contributed by atoms with E-state index in [0.29, 0.717) is 0 Å². The van der Waals surface area contributed by atoms with E-state index in [1.54, 1.807) is 5.56 Å². The molecule has 0 bridgehead atoms. The summed E-state index contributed by atoms with van der Waals surface area (Å²) in [6, 6.07) is 32.0. The van der Waals surface area contributed by atoms with Crippen molar-refractivity contribution in [2.75, 3.05) is 9.80 Å². The first-order chi connectivity index (χ1) is 25.4. The number of aryl methyl sites for hydroxylation is 2. The molecule has 5 aromatic rings. The number of hydrogen-bond donors (Lipinski definition) is 0. The fraction of sp³-hybridized carbons (Fsp3) is 0.412. The molecule has 1 fully saturated rings. The minimum absolute atomic E-state index is 0.00231. The summed E-state index contributed by atoms with van der Waals surface area (Å²) in [5.74, 6) is 0. The molecule has 3 heteroatoms. The largest absolute Gasteiger partial charge is 0.335 e. The highest BCUT2D eigenvalue weighted by Crippen LogP contribution is 2.62. The molecule has 2 unspecified atom stereocenters. The first-order valence-electron chi connectivity index (χ1n) is 20.7. The maximum absolute atomic E-state index is 2.89. The van der Waals surface area contributed by atoms with Gasteiger partial charge in [-0.15, -0.1) is 0 Å². The summed E-state index contributed by atoms with van der Waals surface area (Å²) < 4.78 is 0. The van der Waals surface area contributed by atoms with Crippen LogP contribution in [0.4, 0.5) is 28.4 Å². The van der Waals surface area contributed by atoms with Gasteiger partial charge in [-0.2, -0.15) is 0 Å². The van der Waals surface area contributed by atoms with Crippen molar-refractivity contribution in [3.05, 3.63) is 118 Å². The summed E-state index contributed by atoms with van der Waals surface area (Å²) in [6.45, 7) is 29.1. The smallest absolute Gasteiger partial charge is 0.252 e. The molecule has 54 heavy (non-hydrogen) atoms. The first-order valence-corrected chi connectivity index (χ1v) is 20.7. The predicted octanol–water partition coefficient (Wildman–Crippen LogP) is 11.6. The molecule has 0 saturated heterocycles. The zero-order valence-corrected chi connectivity index (χ0v) is 34.8. The molecule has 5 aromatic carbocycles. The van der Waals surface area contributed by atoms with Crippen LogP contribution in [0.1, 0.15) is 134 Å². The van der Waals surface area contributed by atoms with Crippen molar-refractivity contribution in [3.8, 4) is 11.1 Å². The Balaban J connectivity index is 1.35. The monoisotopic (exact) mass is 708 g/mol. The van der Waals surface area contributed by atoms with Gasteiger partial charge in [0, 0.05) is 39.3 Å². The lowest BCUT2D eigenvalue weighted by Crippen LogP contribution is -2.64. The highest BCUT2D eigenvalue weighted by atomic mass is 15.3. The Hall–Kier alpha value is -4.24. The first kappa shape index (κ1) is 34.3. The maximum Gasteiger partial charge on any atom is 0.252 e. The van der Waals surface area contributed by atoms with Crippen molar-refractivity contribution in [1.82, 2.24) is 0 Å². The van der Waals surface area contributed by atoms with E-state index in [1.807, 2.05) is 0 Å². The molecule has 10 rings (SSSR count). The van der Waals surface area contributed by atoms with Crippen molar-refractivity contribution in [2.24, 2.45) is 0 Å². The average Bonchev–Trinajstić information content (AvgIpc) is 3.46. The zero-order valence-electron chi connectivity index (χ0n) is 34.8. The Labute approximate surface area is 325 Å². The van der Waals surface area contributed by atoms with Crippen LogP contribution in [-0.4, -0.2) is 12.3 Å². The van der Waals surface area contributed by atoms with Crippen LogP contribution in [0.3, 0.4) is 0 Å². The van der Waals surface area contributed by atoms with Crippen molar-refractivity contribution >= 4 is 51.5 Å². The van der Waals surface area contributed by atoms with Crippen molar-refractivity contribution in [2.45, 2.75) is 136 Å². The molecular weight excluding hydrogens is 651 g/mol. The second kappa shape index (κ2) is 10.5. The molecule has 274 valence electrons. The molecule has 1 saturated carbocycles. The van der Waals surface area contributed by atoms with Crippen molar-refractivity contribution in [3.63, 3.8) is 0 Å². The third-order valence-corrected chi connectivity index (χ3v) is 15.0. The summed E-state index contributed by atoms with van der Waals surface area (Å²) in [5, 5.41) is 0. The second-order valence-corrected chi connectivity index (χ2v) is 20.7. The molecule has 0 radical (unpaired) electrons. The van der Waals surface area contributed by atoms with E-state index in [9.17, 15) is 0 Å². The highest BCUT2D eigenvalue weighted by Gasteiger charge is 2.61. The molecule has 3 heterocycles. The minimum atomic E-state index is -0.0851. The Morgan fingerprint density at radius 1 is 0.593 bits per heavy atom. The fourth-order valence-electron chi connectivity index (χ4n) is 11.7. The van der Waals surface area contributed by atoms with Crippen LogP contribution in [-0.2, 0) is 21.7 Å². The molecule has 3 aliphatic heterocycles. The van der Waals surface area contributed by atoms with E-state index in [0.717, 1.165) is 0 Å². The fourth-order valence-corrected chi connectivity index (χ4v) is 11.7. The highest BCUT2D eigenvalue weighted by molar-refractivity contribution is 7.00. The van der Waals surface area contributed by atoms with Crippen LogP contribution in [0.5, 0.6) is 0 Å². The van der Waals surface area contributed by atoms with Gasteiger partial charge in [0.1, 0.15) is 0 Å². The Kier molecular flexibility index (Phi) is 6.69. The van der Waals surface area contributed by atoms with Crippen LogP contribution >= 0.6 is 0 Å². The topological polar surface area (TPSA) is 6.48 Å². The summed E-state index contributed by atoms with van der Waals surface area (Å²) in [6.07, 6.45) is 5.03. The molecular formula is C51H57BN2. The molecule has 2 aliphatic carbocycles. The lowest BCUT2D eigenvalue weighted by molar-refractivity contribution is 0.195. The Morgan fingerprint density at radius 3 is 2.02 bits per heavy atom. The van der Waals surface area contributed by atoms with E-state index < -0.39 is 0 Å². The van der Waals surface area contributed by atoms with Crippen LogP contribution in [0.2, 0.25) is 0 Å². The van der Waals surface area contributed by atoms with Gasteiger partial charge in [0.2, 0.25) is 0 Å². The van der Waals surface area contributed by atoms with E-state index in [2.05, 4.69) is 172 Å². The van der Waals surface area contributed by atoms with Crippen molar-refractivity contribution in [1.29, 1.82) is 0 Å². The zero-order chi connectivity index (χ0) is 38.1. The Bertz CT molecular complexity index is 2470. The van der Waals surface area contributed by atoms with Crippen LogP contribution < -0.4 is 26.2 Å². The van der Waals surface area contributed by atoms with Gasteiger partial charge in [0.25, 0.3) is 6.71 Å². The number of benzene rings is 5. The quantitative estimate of drug-likeness (QED) is 0.157. The van der Waals surface area contributed by atoms with Gasteiger partial charge in [-0.05, 0) is 135 Å². The summed E-state index contributed by atoms with van der Waals surface area (Å²) in [7, 11) is 0. The molecule has 0 N–H and O–H groups in total. The molecule has 0 aromatic heterocycles. The van der Waals surface area contributed by atoms with Gasteiger partial charge in [-0.1, -0.05) is 130 Å². The third kappa shape index (κ3) is 4.20. The summed E-state index contributed by atoms with van der Waals surface area (Å²) >= 11 is 0. The van der Waals surface area contributed by atoms with Gasteiger partial charge < -0.3 is 9.80 Å². The van der Waals surface area contributed by atoms with E-state index in [1.165, 1.54) is 115 Å². The van der Waals surface area contributed by atoms with E-state index in [4.69, 9.17) is 0 Å². The number of fused-ring (bicyclic) bond motifs is 10. The summed E-state index contributed by atoms with van der Waals surface area (Å²) in [4.78, 5) is 5.56. The minimum Gasteiger partial charge on any atom is -0.335 e. The lowest BCUT2D eigenvalue weighted by Gasteiger charge is -2.53. The van der Waals surface area contributed by atoms with Crippen LogP contribution in [0.25, 0.3) is 11.1 Å². The lowest BCUT2D eigenvalue weighted by atomic mass is 9.33. The van der Waals surface area contributed by atoms with Crippen LogP contribution in [0.15, 0.2) is 78.9 Å². The normalized spacial score (nSPS) is 22.7. The van der Waals surface area contributed by atoms with Gasteiger partial charge in [-0.3, -0.25) is 0 Å². The SMILES string of the molecule is Cc1cc2c3c(c1)N1c4c(cc(C(C)(C)C)cc4C4(C)CCCCC14C)B3c1cc3c(cc1N2c1ccc(C(C)(C)C)cc1C)-c1ccccc1C3(C)C. The maximum atomic E-state index is 2.89. The number of rotatable bonds is 1. The second-order valence-electron chi connectivity index (χ2n) is 20.7. The number of nitrogens with zero attached hydrogens (tertiary/aromatic N) is 2. The average molecular weight is 709 g/mol. The van der Waals surface area contributed by atoms with Gasteiger partial charge in [0.05, 0.1) is 5.54 Å². The molecule has 5 aliphatic rings. The Morgan fingerprint density at radius 2 is 1.30 bits per heavy atom. The molecule has 2 atom stereocenters. The van der Waals surface area contributed by atoms with E-state index in [-0.39, 0.29) is 33.9 Å². The standard InChI is InChI=1S/C51H57BN2/c1-30-23-43-45-44(24-30)54-46-38(50(11)21-15-16-22-51(50,54)12)26-33(48(6,7)8)27-40(46)52(45)39-29-37-35(34-17-13-14-18-36(34)49(37,9)10)28-42(39)53(43)41-20-19-32(25-31(41)2)47(3,4)5/h13-14,17-20,23-29H,15-16,21-22H2,1-12H3. The number of anilines is 5. The molecule has 2 nitrogen and oxygen atoms in total.